The molecular weight excluding hydrogens is 580 g/mol. The molecule has 0 aliphatic heterocycles. The zero-order chi connectivity index (χ0) is 27.5. The number of nitrogens with zero attached hydrogens (tertiary/aromatic N) is 1. The summed E-state index contributed by atoms with van der Waals surface area (Å²) in [6.45, 7) is 2.17. The zero-order valence-electron chi connectivity index (χ0n) is 20.4. The van der Waals surface area contributed by atoms with Gasteiger partial charge in [-0.15, -0.1) is 0 Å². The van der Waals surface area contributed by atoms with E-state index in [0.29, 0.717) is 50.3 Å². The molecular formula is C26H24BrClN4O6. The first-order valence-corrected chi connectivity index (χ1v) is 12.4. The second kappa shape index (κ2) is 14.0. The Kier molecular flexibility index (Phi) is 10.5. The maximum absolute atomic E-state index is 12.3. The van der Waals surface area contributed by atoms with Crippen molar-refractivity contribution in [1.29, 1.82) is 0 Å². The van der Waals surface area contributed by atoms with Crippen molar-refractivity contribution in [3.63, 3.8) is 0 Å². The van der Waals surface area contributed by atoms with Crippen LogP contribution in [0.2, 0.25) is 5.02 Å². The third-order valence-electron chi connectivity index (χ3n) is 4.72. The molecule has 3 aromatic carbocycles. The van der Waals surface area contributed by atoms with E-state index in [2.05, 4.69) is 37.1 Å². The van der Waals surface area contributed by atoms with Gasteiger partial charge in [-0.2, -0.15) is 5.10 Å². The molecule has 38 heavy (non-hydrogen) atoms. The lowest BCUT2D eigenvalue weighted by atomic mass is 10.2. The SMILES string of the molecule is CCOc1ccc(NC(=O)COc2c(Br)cc(/C=N\NC(=O)C(=O)Nc3cccc(Cl)c3)cc2OC)cc1. The number of hydrazone groups is 1. The molecule has 0 fully saturated rings. The summed E-state index contributed by atoms with van der Waals surface area (Å²) in [5, 5.41) is 9.38. The lowest BCUT2D eigenvalue weighted by Gasteiger charge is -2.13. The van der Waals surface area contributed by atoms with Crippen molar-refractivity contribution in [3.05, 3.63) is 75.7 Å². The highest BCUT2D eigenvalue weighted by atomic mass is 79.9. The lowest BCUT2D eigenvalue weighted by molar-refractivity contribution is -0.136. The number of carbonyl (C=O) groups is 3. The minimum absolute atomic E-state index is 0.270. The van der Waals surface area contributed by atoms with Gasteiger partial charge >= 0.3 is 11.8 Å². The number of halogens is 2. The molecule has 0 aliphatic carbocycles. The highest BCUT2D eigenvalue weighted by Crippen LogP contribution is 2.36. The minimum atomic E-state index is -0.967. The van der Waals surface area contributed by atoms with Crippen LogP contribution in [-0.2, 0) is 14.4 Å². The van der Waals surface area contributed by atoms with Crippen LogP contribution in [-0.4, -0.2) is 44.3 Å². The van der Waals surface area contributed by atoms with E-state index >= 15 is 0 Å². The fraction of sp³-hybridized carbons (Fsp3) is 0.154. The van der Waals surface area contributed by atoms with Crippen molar-refractivity contribution >= 4 is 62.8 Å². The summed E-state index contributed by atoms with van der Waals surface area (Å²) >= 11 is 9.26. The molecule has 0 bridgehead atoms. The lowest BCUT2D eigenvalue weighted by Crippen LogP contribution is -2.32. The molecule has 3 aromatic rings. The van der Waals surface area contributed by atoms with E-state index in [4.69, 9.17) is 25.8 Å². The molecule has 0 saturated heterocycles. The predicted molar refractivity (Wildman–Crippen MR) is 148 cm³/mol. The summed E-state index contributed by atoms with van der Waals surface area (Å²) in [5.74, 6) is -0.913. The molecule has 12 heteroatoms. The Labute approximate surface area is 232 Å². The van der Waals surface area contributed by atoms with E-state index in [0.717, 1.165) is 0 Å². The second-order valence-corrected chi connectivity index (χ2v) is 8.78. The Morgan fingerprint density at radius 3 is 2.42 bits per heavy atom. The van der Waals surface area contributed by atoms with E-state index < -0.39 is 11.8 Å². The van der Waals surface area contributed by atoms with Gasteiger partial charge in [-0.05, 0) is 83.0 Å². The van der Waals surface area contributed by atoms with E-state index in [1.807, 2.05) is 6.92 Å². The number of ether oxygens (including phenoxy) is 3. The van der Waals surface area contributed by atoms with Gasteiger partial charge in [0.05, 0.1) is 24.4 Å². The van der Waals surface area contributed by atoms with E-state index in [1.54, 1.807) is 54.6 Å². The first-order valence-electron chi connectivity index (χ1n) is 11.2. The molecule has 3 rings (SSSR count). The first kappa shape index (κ1) is 28.5. The predicted octanol–water partition coefficient (Wildman–Crippen LogP) is 4.62. The van der Waals surface area contributed by atoms with Crippen molar-refractivity contribution in [3.8, 4) is 17.2 Å². The van der Waals surface area contributed by atoms with Gasteiger partial charge < -0.3 is 24.8 Å². The summed E-state index contributed by atoms with van der Waals surface area (Å²) in [6.07, 6.45) is 1.32. The molecule has 10 nitrogen and oxygen atoms in total. The molecule has 0 saturated carbocycles. The number of rotatable bonds is 10. The molecule has 0 atom stereocenters. The van der Waals surface area contributed by atoms with Crippen LogP contribution in [0.25, 0.3) is 0 Å². The van der Waals surface area contributed by atoms with Gasteiger partial charge in [0.1, 0.15) is 5.75 Å². The fourth-order valence-corrected chi connectivity index (χ4v) is 3.83. The standard InChI is InChI=1S/C26H24BrClN4O6/c1-3-37-20-9-7-18(8-10-20)30-23(33)15-38-24-21(27)11-16(12-22(24)36-2)14-29-32-26(35)25(34)31-19-6-4-5-17(28)13-19/h4-14H,3,15H2,1-2H3,(H,30,33)(H,31,34)(H,32,35)/b29-14-. The van der Waals surface area contributed by atoms with Crippen LogP contribution in [0.15, 0.2) is 70.2 Å². The van der Waals surface area contributed by atoms with Crippen LogP contribution < -0.4 is 30.3 Å². The number of nitrogens with one attached hydrogen (secondary N) is 3. The summed E-state index contributed by atoms with van der Waals surface area (Å²) in [4.78, 5) is 36.4. The molecule has 198 valence electrons. The minimum Gasteiger partial charge on any atom is -0.494 e. The third kappa shape index (κ3) is 8.49. The number of benzene rings is 3. The normalized spacial score (nSPS) is 10.5. The largest absolute Gasteiger partial charge is 0.494 e. The summed E-state index contributed by atoms with van der Waals surface area (Å²) in [7, 11) is 1.44. The Bertz CT molecular complexity index is 1330. The van der Waals surface area contributed by atoms with Crippen molar-refractivity contribution in [2.75, 3.05) is 31.0 Å². The number of amides is 3. The van der Waals surface area contributed by atoms with Crippen molar-refractivity contribution in [1.82, 2.24) is 5.43 Å². The Hall–Kier alpha value is -4.09. The van der Waals surface area contributed by atoms with Gasteiger partial charge in [0.25, 0.3) is 5.91 Å². The fourth-order valence-electron chi connectivity index (χ4n) is 3.06. The van der Waals surface area contributed by atoms with E-state index in [-0.39, 0.29) is 12.5 Å². The van der Waals surface area contributed by atoms with Gasteiger partial charge in [-0.25, -0.2) is 5.43 Å². The van der Waals surface area contributed by atoms with Crippen molar-refractivity contribution in [2.24, 2.45) is 5.10 Å². The smallest absolute Gasteiger partial charge is 0.329 e. The first-order chi connectivity index (χ1) is 18.3. The molecule has 0 aliphatic rings. The average Bonchev–Trinajstić information content (AvgIpc) is 2.89. The highest BCUT2D eigenvalue weighted by molar-refractivity contribution is 9.10. The number of hydrogen-bond donors (Lipinski definition) is 3. The summed E-state index contributed by atoms with van der Waals surface area (Å²) in [5.41, 5.74) is 3.65. The average molecular weight is 604 g/mol. The van der Waals surface area contributed by atoms with E-state index in [1.165, 1.54) is 19.4 Å². The van der Waals surface area contributed by atoms with Gasteiger partial charge in [0, 0.05) is 16.4 Å². The van der Waals surface area contributed by atoms with Crippen LogP contribution >= 0.6 is 27.5 Å². The number of methoxy groups -OCH3 is 1. The van der Waals surface area contributed by atoms with Gasteiger partial charge in [0.2, 0.25) is 0 Å². The van der Waals surface area contributed by atoms with E-state index in [9.17, 15) is 14.4 Å². The van der Waals surface area contributed by atoms with Crippen LogP contribution in [0.5, 0.6) is 17.2 Å². The topological polar surface area (TPSA) is 127 Å². The number of carbonyl (C=O) groups excluding carboxylic acids is 3. The zero-order valence-corrected chi connectivity index (χ0v) is 22.8. The molecule has 0 unspecified atom stereocenters. The molecule has 0 heterocycles. The number of hydrogen-bond acceptors (Lipinski definition) is 7. The maximum atomic E-state index is 12.3. The summed E-state index contributed by atoms with van der Waals surface area (Å²) < 4.78 is 16.9. The van der Waals surface area contributed by atoms with Crippen LogP contribution in [0.4, 0.5) is 11.4 Å². The molecule has 0 radical (unpaired) electrons. The molecule has 3 amide bonds. The maximum Gasteiger partial charge on any atom is 0.329 e. The number of anilines is 2. The Morgan fingerprint density at radius 1 is 0.974 bits per heavy atom. The van der Waals surface area contributed by atoms with Gasteiger partial charge in [-0.3, -0.25) is 14.4 Å². The molecule has 0 spiro atoms. The molecule has 3 N–H and O–H groups in total. The second-order valence-electron chi connectivity index (χ2n) is 7.49. The Balaban J connectivity index is 1.56. The van der Waals surface area contributed by atoms with Gasteiger partial charge in [-0.1, -0.05) is 17.7 Å². The van der Waals surface area contributed by atoms with Crippen molar-refractivity contribution in [2.45, 2.75) is 6.92 Å². The third-order valence-corrected chi connectivity index (χ3v) is 5.54. The van der Waals surface area contributed by atoms with Crippen LogP contribution in [0.1, 0.15) is 12.5 Å². The van der Waals surface area contributed by atoms with Crippen LogP contribution in [0, 0.1) is 0 Å². The molecule has 0 aromatic heterocycles. The highest BCUT2D eigenvalue weighted by Gasteiger charge is 2.15. The monoisotopic (exact) mass is 602 g/mol. The summed E-state index contributed by atoms with van der Waals surface area (Å²) in [6, 6.07) is 16.6. The van der Waals surface area contributed by atoms with Gasteiger partial charge in [0.15, 0.2) is 18.1 Å². The quantitative estimate of drug-likeness (QED) is 0.176. The Morgan fingerprint density at radius 2 is 1.74 bits per heavy atom. The van der Waals surface area contributed by atoms with Crippen molar-refractivity contribution < 1.29 is 28.6 Å². The van der Waals surface area contributed by atoms with Crippen LogP contribution in [0.3, 0.4) is 0 Å².